The quantitative estimate of drug-likeness (QED) is 0.834. The fourth-order valence-corrected chi connectivity index (χ4v) is 2.92. The van der Waals surface area contributed by atoms with E-state index in [1.54, 1.807) is 0 Å². The number of hydrogen-bond acceptors (Lipinski definition) is 3. The summed E-state index contributed by atoms with van der Waals surface area (Å²) in [6.45, 7) is 5.50. The Hall–Kier alpha value is -1.26. The van der Waals surface area contributed by atoms with E-state index < -0.39 is 0 Å². The second-order valence-corrected chi connectivity index (χ2v) is 6.59. The maximum Gasteiger partial charge on any atom is 0.251 e. The highest BCUT2D eigenvalue weighted by Gasteiger charge is 2.25. The van der Waals surface area contributed by atoms with Gasteiger partial charge >= 0.3 is 0 Å². The average molecular weight is 341 g/mol. The predicted molar refractivity (Wildman–Crippen MR) is 96.3 cm³/mol. The second-order valence-electron chi connectivity index (χ2n) is 6.59. The van der Waals surface area contributed by atoms with E-state index in [9.17, 15) is 4.79 Å². The van der Waals surface area contributed by atoms with Gasteiger partial charge in [0.1, 0.15) is 5.75 Å². The Morgan fingerprint density at radius 1 is 1.35 bits per heavy atom. The maximum absolute atomic E-state index is 12.5. The molecular weight excluding hydrogens is 312 g/mol. The average Bonchev–Trinajstić information content (AvgIpc) is 2.53. The van der Waals surface area contributed by atoms with Crippen molar-refractivity contribution >= 4 is 18.3 Å². The van der Waals surface area contributed by atoms with Crippen LogP contribution < -0.4 is 15.8 Å². The number of benzene rings is 1. The fraction of sp³-hybridized carbons (Fsp3) is 0.611. The number of nitrogens with one attached hydrogen (secondary N) is 1. The second kappa shape index (κ2) is 9.78. The molecule has 0 bridgehead atoms. The molecule has 1 fully saturated rings. The summed E-state index contributed by atoms with van der Waals surface area (Å²) >= 11 is 0. The van der Waals surface area contributed by atoms with Gasteiger partial charge in [0.15, 0.2) is 0 Å². The maximum atomic E-state index is 12.5. The van der Waals surface area contributed by atoms with Crippen LogP contribution >= 0.6 is 12.4 Å². The third kappa shape index (κ3) is 6.04. The van der Waals surface area contributed by atoms with Gasteiger partial charge in [0, 0.05) is 11.6 Å². The Morgan fingerprint density at radius 3 is 2.78 bits per heavy atom. The minimum absolute atomic E-state index is 0. The summed E-state index contributed by atoms with van der Waals surface area (Å²) in [4.78, 5) is 12.5. The zero-order valence-electron chi connectivity index (χ0n) is 14.1. The molecule has 1 saturated carbocycles. The molecule has 2 unspecified atom stereocenters. The van der Waals surface area contributed by atoms with Gasteiger partial charge in [-0.25, -0.2) is 0 Å². The molecule has 130 valence electrons. The van der Waals surface area contributed by atoms with Gasteiger partial charge in [0.05, 0.1) is 6.61 Å². The van der Waals surface area contributed by atoms with Crippen molar-refractivity contribution in [2.75, 3.05) is 13.2 Å². The van der Waals surface area contributed by atoms with E-state index in [1.165, 1.54) is 12.8 Å². The van der Waals surface area contributed by atoms with E-state index in [2.05, 4.69) is 19.2 Å². The fourth-order valence-electron chi connectivity index (χ4n) is 2.92. The summed E-state index contributed by atoms with van der Waals surface area (Å²) < 4.78 is 5.69. The Kier molecular flexibility index (Phi) is 8.42. The highest BCUT2D eigenvalue weighted by atomic mass is 35.5. The Balaban J connectivity index is 0.00000264. The number of carbonyl (C=O) groups excluding carboxylic acids is 1. The lowest BCUT2D eigenvalue weighted by Crippen LogP contribution is -2.44. The Labute approximate surface area is 145 Å². The topological polar surface area (TPSA) is 64.3 Å². The van der Waals surface area contributed by atoms with Gasteiger partial charge in [-0.1, -0.05) is 32.8 Å². The molecule has 0 aromatic heterocycles. The van der Waals surface area contributed by atoms with Crippen LogP contribution in [0.4, 0.5) is 0 Å². The normalized spacial score (nSPS) is 20.7. The van der Waals surface area contributed by atoms with Gasteiger partial charge in [-0.15, -0.1) is 12.4 Å². The first-order chi connectivity index (χ1) is 10.6. The number of halogens is 1. The molecule has 0 heterocycles. The molecule has 23 heavy (non-hydrogen) atoms. The number of nitrogens with two attached hydrogens (primary N) is 1. The van der Waals surface area contributed by atoms with Crippen LogP contribution in [0.1, 0.15) is 49.9 Å². The van der Waals surface area contributed by atoms with E-state index >= 15 is 0 Å². The summed E-state index contributed by atoms with van der Waals surface area (Å²) in [5.41, 5.74) is 6.48. The van der Waals surface area contributed by atoms with Crippen LogP contribution in [0.3, 0.4) is 0 Å². The predicted octanol–water partition coefficient (Wildman–Crippen LogP) is 3.39. The van der Waals surface area contributed by atoms with Gasteiger partial charge in [-0.05, 0) is 49.4 Å². The van der Waals surface area contributed by atoms with Crippen LogP contribution in [0.15, 0.2) is 24.3 Å². The first kappa shape index (κ1) is 19.8. The molecule has 0 spiro atoms. The van der Waals surface area contributed by atoms with Crippen molar-refractivity contribution < 1.29 is 9.53 Å². The molecule has 0 radical (unpaired) electrons. The summed E-state index contributed by atoms with van der Waals surface area (Å²) in [5.74, 6) is 1.59. The van der Waals surface area contributed by atoms with Gasteiger partial charge in [-0.2, -0.15) is 0 Å². The third-order valence-electron chi connectivity index (χ3n) is 4.21. The number of amides is 1. The van der Waals surface area contributed by atoms with Gasteiger partial charge in [0.25, 0.3) is 5.91 Å². The van der Waals surface area contributed by atoms with Crippen molar-refractivity contribution in [2.24, 2.45) is 17.6 Å². The van der Waals surface area contributed by atoms with E-state index in [0.717, 1.165) is 18.6 Å². The third-order valence-corrected chi connectivity index (χ3v) is 4.21. The van der Waals surface area contributed by atoms with Crippen LogP contribution in [0.2, 0.25) is 0 Å². The van der Waals surface area contributed by atoms with E-state index in [4.69, 9.17) is 10.5 Å². The lowest BCUT2D eigenvalue weighted by atomic mass is 9.84. The van der Waals surface area contributed by atoms with Gasteiger partial charge in [-0.3, -0.25) is 4.79 Å². The molecule has 2 atom stereocenters. The highest BCUT2D eigenvalue weighted by Crippen LogP contribution is 2.24. The molecule has 0 aliphatic heterocycles. The minimum atomic E-state index is -0.0275. The molecule has 4 nitrogen and oxygen atoms in total. The molecule has 5 heteroatoms. The van der Waals surface area contributed by atoms with Crippen molar-refractivity contribution in [2.45, 2.75) is 45.6 Å². The molecule has 1 amide bonds. The number of carbonyl (C=O) groups is 1. The smallest absolute Gasteiger partial charge is 0.251 e. The van der Waals surface area contributed by atoms with E-state index in [0.29, 0.717) is 30.6 Å². The van der Waals surface area contributed by atoms with Crippen LogP contribution in [0.5, 0.6) is 5.75 Å². The molecule has 1 aliphatic carbocycles. The molecule has 1 aromatic carbocycles. The van der Waals surface area contributed by atoms with Crippen LogP contribution in [-0.2, 0) is 0 Å². The van der Waals surface area contributed by atoms with Crippen LogP contribution in [0, 0.1) is 11.8 Å². The monoisotopic (exact) mass is 340 g/mol. The summed E-state index contributed by atoms with van der Waals surface area (Å²) in [5, 5.41) is 3.15. The summed E-state index contributed by atoms with van der Waals surface area (Å²) in [6, 6.07) is 7.61. The van der Waals surface area contributed by atoms with Crippen LogP contribution in [0.25, 0.3) is 0 Å². The summed E-state index contributed by atoms with van der Waals surface area (Å²) in [6.07, 6.45) is 4.52. The number of ether oxygens (including phenoxy) is 1. The van der Waals surface area contributed by atoms with Crippen molar-refractivity contribution in [1.82, 2.24) is 5.32 Å². The zero-order valence-corrected chi connectivity index (χ0v) is 14.9. The molecule has 1 aliphatic rings. The Bertz CT molecular complexity index is 494. The van der Waals surface area contributed by atoms with Crippen molar-refractivity contribution in [3.05, 3.63) is 29.8 Å². The molecule has 0 saturated heterocycles. The number of hydrogen-bond donors (Lipinski definition) is 2. The first-order valence-corrected chi connectivity index (χ1v) is 8.34. The molecule has 2 rings (SSSR count). The van der Waals surface area contributed by atoms with Crippen molar-refractivity contribution in [3.8, 4) is 5.75 Å². The lowest BCUT2D eigenvalue weighted by molar-refractivity contribution is 0.0907. The van der Waals surface area contributed by atoms with Gasteiger partial charge < -0.3 is 15.8 Å². The first-order valence-electron chi connectivity index (χ1n) is 8.34. The van der Waals surface area contributed by atoms with E-state index in [-0.39, 0.29) is 24.4 Å². The largest absolute Gasteiger partial charge is 0.493 e. The van der Waals surface area contributed by atoms with E-state index in [1.807, 2.05) is 24.3 Å². The van der Waals surface area contributed by atoms with Crippen molar-refractivity contribution in [3.63, 3.8) is 0 Å². The minimum Gasteiger partial charge on any atom is -0.493 e. The Morgan fingerprint density at radius 2 is 2.09 bits per heavy atom. The zero-order chi connectivity index (χ0) is 15.9. The standard InChI is InChI=1S/C18H28N2O2.ClH/c1-13(2)12-22-16-8-5-7-14(10-16)18(21)20-17-9-4-3-6-15(17)11-19;/h5,7-8,10,13,15,17H,3-4,6,9,11-12,19H2,1-2H3,(H,20,21);1H. The summed E-state index contributed by atoms with van der Waals surface area (Å²) in [7, 11) is 0. The lowest BCUT2D eigenvalue weighted by Gasteiger charge is -2.31. The highest BCUT2D eigenvalue weighted by molar-refractivity contribution is 5.94. The SMILES string of the molecule is CC(C)COc1cccc(C(=O)NC2CCCCC2CN)c1.Cl. The number of rotatable bonds is 6. The van der Waals surface area contributed by atoms with Gasteiger partial charge in [0.2, 0.25) is 0 Å². The van der Waals surface area contributed by atoms with Crippen molar-refractivity contribution in [1.29, 1.82) is 0 Å². The molecule has 3 N–H and O–H groups in total. The molecule has 1 aromatic rings. The molecular formula is C18H29ClN2O2. The van der Waals surface area contributed by atoms with Crippen LogP contribution in [-0.4, -0.2) is 25.1 Å².